The molecule has 0 heterocycles. The molecular weight excluding hydrogens is 162 g/mol. The average molecular weight is 189 g/mol. The summed E-state index contributed by atoms with van der Waals surface area (Å²) in [7, 11) is 2.13. The summed E-state index contributed by atoms with van der Waals surface area (Å²) in [5.74, 6) is 0. The second-order valence-corrected chi connectivity index (χ2v) is 2.94. The molecule has 0 aromatic carbocycles. The van der Waals surface area contributed by atoms with E-state index in [1.807, 2.05) is 13.8 Å². The smallest absolute Gasteiger partial charge is 0.000977 e. The Morgan fingerprint density at radius 1 is 0.846 bits per heavy atom. The Morgan fingerprint density at radius 2 is 1.31 bits per heavy atom. The fourth-order valence-electron chi connectivity index (χ4n) is 0.999. The Hall–Kier alpha value is -0.120. The molecule has 0 aliphatic rings. The zero-order chi connectivity index (χ0) is 10.5. The molecule has 0 spiro atoms. The van der Waals surface area contributed by atoms with Crippen LogP contribution in [0.4, 0.5) is 0 Å². The molecule has 0 rings (SSSR count). The third kappa shape index (κ3) is 14.7. The van der Waals surface area contributed by atoms with Crippen molar-refractivity contribution in [3.63, 3.8) is 0 Å². The molecule has 0 bridgehead atoms. The van der Waals surface area contributed by atoms with Gasteiger partial charge in [0.1, 0.15) is 0 Å². The Kier molecular flexibility index (Phi) is 17.0. The molecule has 0 saturated carbocycles. The number of nitrogens with two attached hydrogens (primary N) is 2. The van der Waals surface area contributed by atoms with Crippen molar-refractivity contribution in [2.75, 3.05) is 33.2 Å². The lowest BCUT2D eigenvalue weighted by Gasteiger charge is -2.15. The number of hydrogen-bond donors (Lipinski definition) is 2. The highest BCUT2D eigenvalue weighted by molar-refractivity contribution is 4.52. The first-order chi connectivity index (χ1) is 6.31. The molecule has 82 valence electrons. The summed E-state index contributed by atoms with van der Waals surface area (Å²) in [6, 6.07) is 0. The Labute approximate surface area is 83.5 Å². The summed E-state index contributed by atoms with van der Waals surface area (Å²) in [4.78, 5) is 2.31. The van der Waals surface area contributed by atoms with Crippen LogP contribution in [0.1, 0.15) is 33.1 Å². The highest BCUT2D eigenvalue weighted by Crippen LogP contribution is 1.91. The summed E-state index contributed by atoms with van der Waals surface area (Å²) >= 11 is 0. The second kappa shape index (κ2) is 14.4. The van der Waals surface area contributed by atoms with E-state index in [4.69, 9.17) is 11.5 Å². The third-order valence-electron chi connectivity index (χ3n) is 1.74. The minimum atomic E-state index is 0.793. The fraction of sp³-hybridized carbons (Fsp3) is 1.00. The third-order valence-corrected chi connectivity index (χ3v) is 1.74. The molecule has 4 N–H and O–H groups in total. The van der Waals surface area contributed by atoms with Gasteiger partial charge in [-0.1, -0.05) is 13.8 Å². The van der Waals surface area contributed by atoms with Gasteiger partial charge in [-0.3, -0.25) is 0 Å². The molecule has 13 heavy (non-hydrogen) atoms. The van der Waals surface area contributed by atoms with Crippen LogP contribution in [0, 0.1) is 0 Å². The molecule has 3 nitrogen and oxygen atoms in total. The van der Waals surface area contributed by atoms with Gasteiger partial charge >= 0.3 is 0 Å². The van der Waals surface area contributed by atoms with Gasteiger partial charge in [0.25, 0.3) is 0 Å². The summed E-state index contributed by atoms with van der Waals surface area (Å²) in [6.45, 7) is 7.87. The standard InChI is InChI=1S/C8H21N3.C2H6/c1-11(8-4-6-10)7-3-2-5-9;1-2/h2-10H2,1H3;1-2H3. The lowest BCUT2D eigenvalue weighted by Crippen LogP contribution is -2.23. The predicted molar refractivity (Wildman–Crippen MR) is 60.8 cm³/mol. The average Bonchev–Trinajstić information content (AvgIpc) is 2.18. The van der Waals surface area contributed by atoms with E-state index >= 15 is 0 Å². The van der Waals surface area contributed by atoms with Crippen molar-refractivity contribution >= 4 is 0 Å². The van der Waals surface area contributed by atoms with Crippen LogP contribution in [0.25, 0.3) is 0 Å². The number of unbranched alkanes of at least 4 members (excludes halogenated alkanes) is 1. The summed E-state index contributed by atoms with van der Waals surface area (Å²) in [6.07, 6.45) is 3.43. The van der Waals surface area contributed by atoms with Gasteiger partial charge in [0.15, 0.2) is 0 Å². The van der Waals surface area contributed by atoms with Crippen LogP contribution >= 0.6 is 0 Å². The van der Waals surface area contributed by atoms with E-state index in [1.54, 1.807) is 0 Å². The number of nitrogens with zero attached hydrogens (tertiary/aromatic N) is 1. The lowest BCUT2D eigenvalue weighted by atomic mass is 10.3. The van der Waals surface area contributed by atoms with E-state index < -0.39 is 0 Å². The van der Waals surface area contributed by atoms with Crippen molar-refractivity contribution in [1.29, 1.82) is 0 Å². The van der Waals surface area contributed by atoms with Gasteiger partial charge < -0.3 is 16.4 Å². The van der Waals surface area contributed by atoms with Gasteiger partial charge in [0.05, 0.1) is 0 Å². The van der Waals surface area contributed by atoms with Crippen molar-refractivity contribution in [3.8, 4) is 0 Å². The van der Waals surface area contributed by atoms with Gasteiger partial charge in [-0.05, 0) is 52.5 Å². The van der Waals surface area contributed by atoms with E-state index in [2.05, 4.69) is 11.9 Å². The Balaban J connectivity index is 0. The van der Waals surface area contributed by atoms with E-state index in [9.17, 15) is 0 Å². The second-order valence-electron chi connectivity index (χ2n) is 2.94. The molecule has 0 atom stereocenters. The van der Waals surface area contributed by atoms with E-state index in [0.717, 1.165) is 39.0 Å². The van der Waals surface area contributed by atoms with Crippen LogP contribution in [0.15, 0.2) is 0 Å². The topological polar surface area (TPSA) is 55.3 Å². The Morgan fingerprint density at radius 3 is 1.77 bits per heavy atom. The van der Waals surface area contributed by atoms with Gasteiger partial charge in [-0.25, -0.2) is 0 Å². The first-order valence-electron chi connectivity index (χ1n) is 5.40. The molecule has 0 aromatic rings. The van der Waals surface area contributed by atoms with E-state index in [0.29, 0.717) is 0 Å². The minimum Gasteiger partial charge on any atom is -0.330 e. The minimum absolute atomic E-state index is 0.793. The van der Waals surface area contributed by atoms with Crippen molar-refractivity contribution in [1.82, 2.24) is 4.90 Å². The van der Waals surface area contributed by atoms with Gasteiger partial charge in [0.2, 0.25) is 0 Å². The van der Waals surface area contributed by atoms with Crippen molar-refractivity contribution in [3.05, 3.63) is 0 Å². The molecule has 0 saturated heterocycles. The van der Waals surface area contributed by atoms with Crippen LogP contribution in [-0.2, 0) is 0 Å². The molecule has 3 heteroatoms. The van der Waals surface area contributed by atoms with Gasteiger partial charge in [0, 0.05) is 0 Å². The van der Waals surface area contributed by atoms with Gasteiger partial charge in [-0.15, -0.1) is 0 Å². The molecule has 0 aliphatic heterocycles. The molecular formula is C10H27N3. The maximum atomic E-state index is 5.38. The molecule has 0 radical (unpaired) electrons. The fourth-order valence-corrected chi connectivity index (χ4v) is 0.999. The van der Waals surface area contributed by atoms with Crippen LogP contribution in [0.5, 0.6) is 0 Å². The first-order valence-corrected chi connectivity index (χ1v) is 5.40. The zero-order valence-electron chi connectivity index (χ0n) is 9.55. The largest absolute Gasteiger partial charge is 0.330 e. The monoisotopic (exact) mass is 189 g/mol. The van der Waals surface area contributed by atoms with Crippen molar-refractivity contribution in [2.45, 2.75) is 33.1 Å². The lowest BCUT2D eigenvalue weighted by molar-refractivity contribution is 0.324. The quantitative estimate of drug-likeness (QED) is 0.588. The Bertz CT molecular complexity index is 76.6. The maximum Gasteiger partial charge on any atom is -0.000977 e. The van der Waals surface area contributed by atoms with Crippen LogP contribution < -0.4 is 11.5 Å². The predicted octanol–water partition coefficient (Wildman–Crippen LogP) is 1.03. The van der Waals surface area contributed by atoms with Gasteiger partial charge in [-0.2, -0.15) is 0 Å². The maximum absolute atomic E-state index is 5.38. The molecule has 0 fully saturated rings. The number of rotatable bonds is 7. The highest BCUT2D eigenvalue weighted by atomic mass is 15.1. The van der Waals surface area contributed by atoms with Crippen molar-refractivity contribution in [2.24, 2.45) is 11.5 Å². The normalized spacial score (nSPS) is 9.69. The molecule has 0 aliphatic carbocycles. The molecule has 0 aromatic heterocycles. The molecule has 0 amide bonds. The number of hydrogen-bond acceptors (Lipinski definition) is 3. The SMILES string of the molecule is CC.CN(CCCN)CCCCN. The first kappa shape index (κ1) is 15.4. The van der Waals surface area contributed by atoms with E-state index in [1.165, 1.54) is 6.42 Å². The van der Waals surface area contributed by atoms with E-state index in [-0.39, 0.29) is 0 Å². The van der Waals surface area contributed by atoms with Crippen LogP contribution in [0.3, 0.4) is 0 Å². The molecule has 0 unspecified atom stereocenters. The highest BCUT2D eigenvalue weighted by Gasteiger charge is 1.95. The van der Waals surface area contributed by atoms with Crippen LogP contribution in [-0.4, -0.2) is 38.1 Å². The summed E-state index contributed by atoms with van der Waals surface area (Å²) in [5.41, 5.74) is 10.8. The zero-order valence-corrected chi connectivity index (χ0v) is 9.55. The summed E-state index contributed by atoms with van der Waals surface area (Å²) < 4.78 is 0. The summed E-state index contributed by atoms with van der Waals surface area (Å²) in [5, 5.41) is 0. The van der Waals surface area contributed by atoms with Crippen LogP contribution in [0.2, 0.25) is 0 Å². The van der Waals surface area contributed by atoms with Crippen molar-refractivity contribution < 1.29 is 0 Å².